The number of benzene rings is 3. The number of rotatable bonds is 6. The minimum Gasteiger partial charge on any atom is -0.497 e. The molecule has 0 bridgehead atoms. The molecule has 1 saturated carbocycles. The van der Waals surface area contributed by atoms with Crippen molar-refractivity contribution in [2.24, 2.45) is 0 Å². The fourth-order valence-corrected chi connectivity index (χ4v) is 3.48. The highest BCUT2D eigenvalue weighted by Crippen LogP contribution is 2.27. The molecule has 1 N–H and O–H groups in total. The van der Waals surface area contributed by atoms with Crippen LogP contribution in [0.25, 0.3) is 11.1 Å². The van der Waals surface area contributed by atoms with Gasteiger partial charge in [-0.1, -0.05) is 18.2 Å². The van der Waals surface area contributed by atoms with Crippen molar-refractivity contribution in [3.05, 3.63) is 83.4 Å². The van der Waals surface area contributed by atoms with Crippen molar-refractivity contribution in [3.63, 3.8) is 0 Å². The van der Waals surface area contributed by atoms with E-state index in [1.165, 1.54) is 0 Å². The Labute approximate surface area is 182 Å². The molecule has 5 nitrogen and oxygen atoms in total. The van der Waals surface area contributed by atoms with Crippen LogP contribution < -0.4 is 15.0 Å². The molecule has 2 amide bonds. The Hall–Kier alpha value is -3.60. The minimum absolute atomic E-state index is 0.0309. The molecule has 0 unspecified atom stereocenters. The molecule has 3 aromatic rings. The van der Waals surface area contributed by atoms with Gasteiger partial charge in [-0.3, -0.25) is 9.59 Å². The second kappa shape index (κ2) is 8.64. The zero-order valence-corrected chi connectivity index (χ0v) is 18.0. The van der Waals surface area contributed by atoms with E-state index >= 15 is 0 Å². The summed E-state index contributed by atoms with van der Waals surface area (Å²) in [6.07, 6.45) is 2.12. The molecule has 0 saturated heterocycles. The molecule has 0 aromatic heterocycles. The van der Waals surface area contributed by atoms with Crippen LogP contribution in [-0.2, 0) is 0 Å². The maximum absolute atomic E-state index is 12.9. The molecule has 158 valence electrons. The third-order valence-corrected chi connectivity index (χ3v) is 5.62. The summed E-state index contributed by atoms with van der Waals surface area (Å²) in [5, 5.41) is 3.03. The SMILES string of the molecule is COc1ccc(N(C)C(=O)c2ccc(-c3cc(C(=O)NC4CC4)ccc3C)cc2)cc1. The molecule has 4 rings (SSSR count). The van der Waals surface area contributed by atoms with Crippen LogP contribution in [0.5, 0.6) is 5.75 Å². The first-order chi connectivity index (χ1) is 15.0. The molecular weight excluding hydrogens is 388 g/mol. The lowest BCUT2D eigenvalue weighted by molar-refractivity contribution is 0.0949. The smallest absolute Gasteiger partial charge is 0.258 e. The Bertz CT molecular complexity index is 1100. The number of methoxy groups -OCH3 is 1. The average Bonchev–Trinajstić information content (AvgIpc) is 3.62. The Kier molecular flexibility index (Phi) is 5.76. The van der Waals surface area contributed by atoms with Crippen LogP contribution in [0.2, 0.25) is 0 Å². The zero-order valence-electron chi connectivity index (χ0n) is 18.0. The van der Waals surface area contributed by atoms with Crippen molar-refractivity contribution in [3.8, 4) is 16.9 Å². The number of amides is 2. The summed E-state index contributed by atoms with van der Waals surface area (Å²) < 4.78 is 5.18. The van der Waals surface area contributed by atoms with Crippen molar-refractivity contribution < 1.29 is 14.3 Å². The standard InChI is InChI=1S/C26H26N2O3/c1-17-4-5-20(25(29)27-21-10-11-21)16-24(17)18-6-8-19(9-7-18)26(30)28(2)22-12-14-23(31-3)15-13-22/h4-9,12-16,21H,10-11H2,1-3H3,(H,27,29). The van der Waals surface area contributed by atoms with Crippen LogP contribution in [-0.4, -0.2) is 32.0 Å². The number of anilines is 1. The molecule has 0 spiro atoms. The van der Waals surface area contributed by atoms with E-state index in [9.17, 15) is 9.59 Å². The normalized spacial score (nSPS) is 12.9. The predicted octanol–water partition coefficient (Wildman–Crippen LogP) is 4.84. The van der Waals surface area contributed by atoms with Crippen molar-refractivity contribution >= 4 is 17.5 Å². The van der Waals surface area contributed by atoms with Gasteiger partial charge in [0.15, 0.2) is 0 Å². The van der Waals surface area contributed by atoms with Gasteiger partial charge < -0.3 is 15.0 Å². The quantitative estimate of drug-likeness (QED) is 0.628. The van der Waals surface area contributed by atoms with Gasteiger partial charge >= 0.3 is 0 Å². The fraction of sp³-hybridized carbons (Fsp3) is 0.231. The van der Waals surface area contributed by atoms with Gasteiger partial charge in [0.1, 0.15) is 5.75 Å². The Morgan fingerprint density at radius 3 is 2.19 bits per heavy atom. The van der Waals surface area contributed by atoms with Crippen molar-refractivity contribution in [2.45, 2.75) is 25.8 Å². The number of hydrogen-bond acceptors (Lipinski definition) is 3. The summed E-state index contributed by atoms with van der Waals surface area (Å²) in [4.78, 5) is 26.9. The van der Waals surface area contributed by atoms with Crippen LogP contribution in [0.15, 0.2) is 66.7 Å². The van der Waals surface area contributed by atoms with Gasteiger partial charge in [-0.25, -0.2) is 0 Å². The monoisotopic (exact) mass is 414 g/mol. The molecule has 0 radical (unpaired) electrons. The van der Waals surface area contributed by atoms with E-state index in [1.54, 1.807) is 19.1 Å². The van der Waals surface area contributed by atoms with Gasteiger partial charge in [0.25, 0.3) is 11.8 Å². The fourth-order valence-electron chi connectivity index (χ4n) is 3.48. The zero-order chi connectivity index (χ0) is 22.0. The average molecular weight is 415 g/mol. The first-order valence-electron chi connectivity index (χ1n) is 10.4. The van der Waals surface area contributed by atoms with Crippen LogP contribution in [0.1, 0.15) is 39.1 Å². The summed E-state index contributed by atoms with van der Waals surface area (Å²) in [6, 6.07) is 21.0. The van der Waals surface area contributed by atoms with E-state index in [2.05, 4.69) is 5.32 Å². The summed E-state index contributed by atoms with van der Waals surface area (Å²) >= 11 is 0. The number of aryl methyl sites for hydroxylation is 1. The highest BCUT2D eigenvalue weighted by molar-refractivity contribution is 6.06. The van der Waals surface area contributed by atoms with Gasteiger partial charge in [0, 0.05) is 29.9 Å². The lowest BCUT2D eigenvalue weighted by atomic mass is 9.97. The van der Waals surface area contributed by atoms with E-state index < -0.39 is 0 Å². The molecule has 1 aliphatic rings. The molecule has 0 heterocycles. The largest absolute Gasteiger partial charge is 0.497 e. The molecule has 0 aliphatic heterocycles. The van der Waals surface area contributed by atoms with Crippen LogP contribution in [0.3, 0.4) is 0 Å². The Morgan fingerprint density at radius 1 is 0.935 bits per heavy atom. The second-order valence-electron chi connectivity index (χ2n) is 7.92. The Balaban J connectivity index is 1.53. The van der Waals surface area contributed by atoms with E-state index in [1.807, 2.05) is 73.7 Å². The molecule has 5 heteroatoms. The maximum atomic E-state index is 12.9. The summed E-state index contributed by atoms with van der Waals surface area (Å²) in [5.74, 6) is 0.625. The topological polar surface area (TPSA) is 58.6 Å². The Morgan fingerprint density at radius 2 is 1.58 bits per heavy atom. The predicted molar refractivity (Wildman–Crippen MR) is 123 cm³/mol. The lowest BCUT2D eigenvalue weighted by Crippen LogP contribution is -2.26. The molecular formula is C26H26N2O3. The summed E-state index contributed by atoms with van der Waals surface area (Å²) in [5.41, 5.74) is 5.10. The molecule has 1 fully saturated rings. The summed E-state index contributed by atoms with van der Waals surface area (Å²) in [7, 11) is 3.37. The lowest BCUT2D eigenvalue weighted by Gasteiger charge is -2.18. The number of nitrogens with one attached hydrogen (secondary N) is 1. The van der Waals surface area contributed by atoms with Gasteiger partial charge in [-0.2, -0.15) is 0 Å². The summed E-state index contributed by atoms with van der Waals surface area (Å²) in [6.45, 7) is 2.02. The van der Waals surface area contributed by atoms with Gasteiger partial charge in [0.05, 0.1) is 7.11 Å². The third-order valence-electron chi connectivity index (χ3n) is 5.62. The molecule has 1 aliphatic carbocycles. The number of nitrogens with zero attached hydrogens (tertiary/aromatic N) is 1. The van der Waals surface area contributed by atoms with Crippen LogP contribution in [0.4, 0.5) is 5.69 Å². The third kappa shape index (κ3) is 4.61. The number of carbonyl (C=O) groups excluding carboxylic acids is 2. The van der Waals surface area contributed by atoms with Crippen molar-refractivity contribution in [1.29, 1.82) is 0 Å². The van der Waals surface area contributed by atoms with Crippen LogP contribution >= 0.6 is 0 Å². The maximum Gasteiger partial charge on any atom is 0.258 e. The first-order valence-corrected chi connectivity index (χ1v) is 10.4. The van der Waals surface area contributed by atoms with E-state index in [0.717, 1.165) is 41.0 Å². The first kappa shape index (κ1) is 20.7. The second-order valence-corrected chi connectivity index (χ2v) is 7.92. The number of hydrogen-bond donors (Lipinski definition) is 1. The highest BCUT2D eigenvalue weighted by atomic mass is 16.5. The number of carbonyl (C=O) groups is 2. The van der Waals surface area contributed by atoms with Crippen LogP contribution in [0, 0.1) is 6.92 Å². The van der Waals surface area contributed by atoms with Gasteiger partial charge in [-0.15, -0.1) is 0 Å². The van der Waals surface area contributed by atoms with Crippen molar-refractivity contribution in [2.75, 3.05) is 19.1 Å². The van der Waals surface area contributed by atoms with E-state index in [4.69, 9.17) is 4.74 Å². The molecule has 3 aromatic carbocycles. The highest BCUT2D eigenvalue weighted by Gasteiger charge is 2.24. The van der Waals surface area contributed by atoms with E-state index in [0.29, 0.717) is 17.2 Å². The molecule has 0 atom stereocenters. The van der Waals surface area contributed by atoms with Gasteiger partial charge in [-0.05, 0) is 85.0 Å². The van der Waals surface area contributed by atoms with Gasteiger partial charge in [0.2, 0.25) is 0 Å². The molecule has 31 heavy (non-hydrogen) atoms. The number of ether oxygens (including phenoxy) is 1. The van der Waals surface area contributed by atoms with Crippen molar-refractivity contribution in [1.82, 2.24) is 5.32 Å². The van der Waals surface area contributed by atoms with E-state index in [-0.39, 0.29) is 11.8 Å². The minimum atomic E-state index is -0.0917.